The van der Waals surface area contributed by atoms with Gasteiger partial charge >= 0.3 is 0 Å². The first-order valence-corrected chi connectivity index (χ1v) is 6.60. The van der Waals surface area contributed by atoms with E-state index in [1.54, 1.807) is 24.3 Å². The second kappa shape index (κ2) is 4.42. The van der Waals surface area contributed by atoms with E-state index in [4.69, 9.17) is 4.42 Å². The zero-order chi connectivity index (χ0) is 14.4. The molecule has 0 spiro atoms. The topological polar surface area (TPSA) is 13.1 Å². The second-order valence-electron chi connectivity index (χ2n) is 4.89. The Bertz CT molecular complexity index is 955. The molecule has 0 saturated heterocycles. The van der Waals surface area contributed by atoms with Crippen molar-refractivity contribution in [2.24, 2.45) is 0 Å². The molecule has 3 aromatic carbocycles. The van der Waals surface area contributed by atoms with Gasteiger partial charge < -0.3 is 4.42 Å². The second-order valence-corrected chi connectivity index (χ2v) is 4.89. The number of rotatable bonds is 1. The van der Waals surface area contributed by atoms with Gasteiger partial charge in [0.15, 0.2) is 22.8 Å². The number of hydrogen-bond donors (Lipinski definition) is 0. The molecule has 1 nitrogen and oxygen atoms in total. The van der Waals surface area contributed by atoms with E-state index in [9.17, 15) is 8.78 Å². The molecular weight excluding hydrogens is 270 g/mol. The van der Waals surface area contributed by atoms with E-state index in [0.717, 1.165) is 5.56 Å². The van der Waals surface area contributed by atoms with Gasteiger partial charge in [0.25, 0.3) is 0 Å². The molecule has 4 rings (SSSR count). The van der Waals surface area contributed by atoms with Crippen LogP contribution in [-0.2, 0) is 0 Å². The van der Waals surface area contributed by atoms with Gasteiger partial charge in [-0.15, -0.1) is 0 Å². The van der Waals surface area contributed by atoms with Crippen molar-refractivity contribution in [2.45, 2.75) is 0 Å². The molecule has 0 atom stereocenters. The molecule has 0 unspecified atom stereocenters. The van der Waals surface area contributed by atoms with Crippen LogP contribution in [0, 0.1) is 11.6 Å². The van der Waals surface area contributed by atoms with Crippen LogP contribution >= 0.6 is 0 Å². The molecule has 3 heteroatoms. The number of halogens is 2. The third-order valence-corrected chi connectivity index (χ3v) is 3.64. The normalized spacial score (nSPS) is 11.3. The van der Waals surface area contributed by atoms with Crippen molar-refractivity contribution in [3.8, 4) is 11.1 Å². The Morgan fingerprint density at radius 2 is 1.43 bits per heavy atom. The van der Waals surface area contributed by atoms with Crippen LogP contribution in [0.5, 0.6) is 0 Å². The number of para-hydroxylation sites is 1. The highest BCUT2D eigenvalue weighted by Gasteiger charge is 2.17. The maximum Gasteiger partial charge on any atom is 0.174 e. The van der Waals surface area contributed by atoms with Crippen molar-refractivity contribution in [3.63, 3.8) is 0 Å². The van der Waals surface area contributed by atoms with Gasteiger partial charge in [-0.25, -0.2) is 8.78 Å². The van der Waals surface area contributed by atoms with Crippen LogP contribution in [-0.4, -0.2) is 0 Å². The lowest BCUT2D eigenvalue weighted by atomic mass is 10.0. The third kappa shape index (κ3) is 1.74. The Kier molecular flexibility index (Phi) is 2.54. The standard InChI is InChI=1S/C18H10F2O/c19-15-8-4-7-13-14-10-9-12(11-5-2-1-3-6-11)16(20)18(14)21-17(13)15/h1-10H. The van der Waals surface area contributed by atoms with Crippen LogP contribution in [0.4, 0.5) is 8.78 Å². The number of fused-ring (bicyclic) bond motifs is 3. The lowest BCUT2D eigenvalue weighted by Gasteiger charge is -2.03. The molecule has 0 aliphatic heterocycles. The Morgan fingerprint density at radius 3 is 2.24 bits per heavy atom. The van der Waals surface area contributed by atoms with E-state index in [2.05, 4.69) is 0 Å². The first-order valence-electron chi connectivity index (χ1n) is 6.60. The lowest BCUT2D eigenvalue weighted by Crippen LogP contribution is -1.84. The van der Waals surface area contributed by atoms with E-state index in [1.807, 2.05) is 30.3 Å². The maximum atomic E-state index is 14.7. The summed E-state index contributed by atoms with van der Waals surface area (Å²) in [5.41, 5.74) is 1.40. The van der Waals surface area contributed by atoms with Crippen LogP contribution < -0.4 is 0 Å². The SMILES string of the molecule is Fc1cccc2c1oc1c(F)c(-c3ccccc3)ccc12. The van der Waals surface area contributed by atoms with Crippen LogP contribution in [0.3, 0.4) is 0 Å². The highest BCUT2D eigenvalue weighted by Crippen LogP contribution is 2.35. The fraction of sp³-hybridized carbons (Fsp3) is 0. The Hall–Kier alpha value is -2.68. The number of benzene rings is 3. The molecule has 0 fully saturated rings. The van der Waals surface area contributed by atoms with Crippen LogP contribution in [0.25, 0.3) is 33.1 Å². The summed E-state index contributed by atoms with van der Waals surface area (Å²) in [7, 11) is 0. The minimum Gasteiger partial charge on any atom is -0.450 e. The fourth-order valence-corrected chi connectivity index (χ4v) is 2.64. The minimum atomic E-state index is -0.482. The van der Waals surface area contributed by atoms with Crippen LogP contribution in [0.15, 0.2) is 65.1 Å². The average molecular weight is 280 g/mol. The highest BCUT2D eigenvalue weighted by molar-refractivity contribution is 6.06. The largest absolute Gasteiger partial charge is 0.450 e. The predicted molar refractivity (Wildman–Crippen MR) is 79.1 cm³/mol. The smallest absolute Gasteiger partial charge is 0.174 e. The lowest BCUT2D eigenvalue weighted by molar-refractivity contribution is 0.559. The van der Waals surface area contributed by atoms with Crippen molar-refractivity contribution >= 4 is 21.9 Å². The van der Waals surface area contributed by atoms with E-state index in [0.29, 0.717) is 16.3 Å². The van der Waals surface area contributed by atoms with Crippen molar-refractivity contribution in [1.29, 1.82) is 0 Å². The quantitative estimate of drug-likeness (QED) is 0.446. The zero-order valence-electron chi connectivity index (χ0n) is 10.9. The number of furan rings is 1. The van der Waals surface area contributed by atoms with Gasteiger partial charge in [-0.05, 0) is 17.7 Å². The summed E-state index contributed by atoms with van der Waals surface area (Å²) in [4.78, 5) is 0. The van der Waals surface area contributed by atoms with E-state index >= 15 is 0 Å². The monoisotopic (exact) mass is 280 g/mol. The van der Waals surface area contributed by atoms with Crippen molar-refractivity contribution in [1.82, 2.24) is 0 Å². The third-order valence-electron chi connectivity index (χ3n) is 3.64. The summed E-state index contributed by atoms with van der Waals surface area (Å²) in [6, 6.07) is 17.3. The minimum absolute atomic E-state index is 0.0939. The van der Waals surface area contributed by atoms with E-state index < -0.39 is 11.6 Å². The summed E-state index contributed by atoms with van der Waals surface area (Å²) in [6.45, 7) is 0. The first kappa shape index (κ1) is 12.1. The van der Waals surface area contributed by atoms with Gasteiger partial charge in [-0.2, -0.15) is 0 Å². The molecule has 0 N–H and O–H groups in total. The first-order chi connectivity index (χ1) is 10.3. The molecule has 0 aliphatic carbocycles. The summed E-state index contributed by atoms with van der Waals surface area (Å²) >= 11 is 0. The molecule has 0 amide bonds. The van der Waals surface area contributed by atoms with Crippen LogP contribution in [0.2, 0.25) is 0 Å². The predicted octanol–water partition coefficient (Wildman–Crippen LogP) is 5.53. The molecule has 1 heterocycles. The average Bonchev–Trinajstić information content (AvgIpc) is 2.90. The summed E-state index contributed by atoms with van der Waals surface area (Å²) < 4.78 is 33.9. The van der Waals surface area contributed by atoms with Gasteiger partial charge in [0.2, 0.25) is 0 Å². The van der Waals surface area contributed by atoms with Gasteiger partial charge in [0, 0.05) is 16.3 Å². The van der Waals surface area contributed by atoms with Crippen molar-refractivity contribution in [3.05, 3.63) is 72.3 Å². The molecule has 1 aromatic heterocycles. The molecule has 0 aliphatic rings. The number of hydrogen-bond acceptors (Lipinski definition) is 1. The molecule has 0 radical (unpaired) electrons. The van der Waals surface area contributed by atoms with Crippen LogP contribution in [0.1, 0.15) is 0 Å². The summed E-state index contributed by atoms with van der Waals surface area (Å²) in [5, 5.41) is 1.17. The Labute approximate surface area is 119 Å². The fourth-order valence-electron chi connectivity index (χ4n) is 2.64. The molecule has 0 bridgehead atoms. The zero-order valence-corrected chi connectivity index (χ0v) is 10.9. The highest BCUT2D eigenvalue weighted by atomic mass is 19.1. The van der Waals surface area contributed by atoms with Gasteiger partial charge in [-0.3, -0.25) is 0 Å². The van der Waals surface area contributed by atoms with E-state index in [1.165, 1.54) is 6.07 Å². The van der Waals surface area contributed by atoms with Gasteiger partial charge in [0.1, 0.15) is 0 Å². The Morgan fingerprint density at radius 1 is 0.667 bits per heavy atom. The molecule has 102 valence electrons. The molecular formula is C18H10F2O. The van der Waals surface area contributed by atoms with E-state index in [-0.39, 0.29) is 11.2 Å². The molecule has 4 aromatic rings. The maximum absolute atomic E-state index is 14.7. The molecule has 21 heavy (non-hydrogen) atoms. The summed E-state index contributed by atoms with van der Waals surface area (Å²) in [6.07, 6.45) is 0. The van der Waals surface area contributed by atoms with Gasteiger partial charge in [0.05, 0.1) is 0 Å². The van der Waals surface area contributed by atoms with Gasteiger partial charge in [-0.1, -0.05) is 48.5 Å². The Balaban J connectivity index is 2.08. The van der Waals surface area contributed by atoms with Crippen molar-refractivity contribution < 1.29 is 13.2 Å². The van der Waals surface area contributed by atoms with Crippen molar-refractivity contribution in [2.75, 3.05) is 0 Å². The summed E-state index contributed by atoms with van der Waals surface area (Å²) in [5.74, 6) is -0.946. The molecule has 0 saturated carbocycles.